The Morgan fingerprint density at radius 1 is 0.714 bits per heavy atom. The van der Waals surface area contributed by atoms with E-state index in [1.807, 2.05) is 0 Å². The van der Waals surface area contributed by atoms with Crippen LogP contribution in [-0.2, 0) is 3.07 Å². The van der Waals surface area contributed by atoms with E-state index in [4.69, 9.17) is 3.07 Å². The van der Waals surface area contributed by atoms with Gasteiger partial charge in [-0.3, -0.25) is 0 Å². The second-order valence-corrected chi connectivity index (χ2v) is 5.00. The fourth-order valence-electron chi connectivity index (χ4n) is 1.67. The van der Waals surface area contributed by atoms with Gasteiger partial charge in [-0.2, -0.15) is 0 Å². The number of rotatable bonds is 11. The van der Waals surface area contributed by atoms with E-state index in [-0.39, 0.29) is 0 Å². The number of hydrogen-bond acceptors (Lipinski definition) is 1. The molecule has 0 aromatic carbocycles. The van der Waals surface area contributed by atoms with E-state index in [0.717, 1.165) is 29.5 Å². The summed E-state index contributed by atoms with van der Waals surface area (Å²) in [6, 6.07) is 0. The molecule has 0 aliphatic carbocycles. The van der Waals surface area contributed by atoms with Gasteiger partial charge in [-0.15, -0.1) is 0 Å². The van der Waals surface area contributed by atoms with Crippen molar-refractivity contribution in [2.24, 2.45) is 0 Å². The van der Waals surface area contributed by atoms with Crippen molar-refractivity contribution in [3.8, 4) is 0 Å². The zero-order chi connectivity index (χ0) is 10.5. The topological polar surface area (TPSA) is 9.23 Å². The van der Waals surface area contributed by atoms with Gasteiger partial charge in [-0.05, 0) is 0 Å². The summed E-state index contributed by atoms with van der Waals surface area (Å²) >= 11 is 0.966. The fourth-order valence-corrected chi connectivity index (χ4v) is 2.15. The van der Waals surface area contributed by atoms with Crippen LogP contribution in [0.15, 0.2) is 0 Å². The van der Waals surface area contributed by atoms with E-state index < -0.39 is 0 Å². The third kappa shape index (κ3) is 12.8. The van der Waals surface area contributed by atoms with Crippen molar-refractivity contribution in [2.45, 2.75) is 71.1 Å². The maximum atomic E-state index is 5.14. The second kappa shape index (κ2) is 13.8. The van der Waals surface area contributed by atoms with E-state index in [2.05, 4.69) is 6.92 Å². The molecule has 2 radical (unpaired) electrons. The molecule has 0 aliphatic rings. The van der Waals surface area contributed by atoms with Gasteiger partial charge in [0, 0.05) is 0 Å². The van der Waals surface area contributed by atoms with Gasteiger partial charge in [0.1, 0.15) is 0 Å². The molecule has 0 rings (SSSR count). The van der Waals surface area contributed by atoms with Crippen LogP contribution < -0.4 is 0 Å². The molecular formula is C12H26OSn. The zero-order valence-electron chi connectivity index (χ0n) is 9.76. The van der Waals surface area contributed by atoms with Gasteiger partial charge in [-0.25, -0.2) is 0 Å². The van der Waals surface area contributed by atoms with Crippen LogP contribution in [0.25, 0.3) is 0 Å². The first-order chi connectivity index (χ1) is 6.91. The summed E-state index contributed by atoms with van der Waals surface area (Å²) in [6.45, 7) is 3.28. The van der Waals surface area contributed by atoms with Crippen LogP contribution in [0.2, 0.25) is 0 Å². The van der Waals surface area contributed by atoms with Crippen LogP contribution >= 0.6 is 0 Å². The van der Waals surface area contributed by atoms with Crippen LogP contribution in [0.4, 0.5) is 0 Å². The van der Waals surface area contributed by atoms with Gasteiger partial charge in [0.15, 0.2) is 0 Å². The summed E-state index contributed by atoms with van der Waals surface area (Å²) in [6.07, 6.45) is 14.1. The van der Waals surface area contributed by atoms with Crippen LogP contribution in [-0.4, -0.2) is 29.5 Å². The molecule has 0 amide bonds. The molecule has 0 saturated heterocycles. The fraction of sp³-hybridized carbons (Fsp3) is 1.00. The Morgan fingerprint density at radius 2 is 1.14 bits per heavy atom. The quantitative estimate of drug-likeness (QED) is 0.417. The molecule has 0 fully saturated rings. The molecule has 14 heavy (non-hydrogen) atoms. The van der Waals surface area contributed by atoms with Gasteiger partial charge in [0.2, 0.25) is 0 Å². The first kappa shape index (κ1) is 14.8. The predicted molar refractivity (Wildman–Crippen MR) is 64.9 cm³/mol. The maximum absolute atomic E-state index is 5.14. The molecule has 2 heteroatoms. The monoisotopic (exact) mass is 306 g/mol. The molecule has 84 valence electrons. The number of hydrogen-bond donors (Lipinski definition) is 0. The average Bonchev–Trinajstić information content (AvgIpc) is 2.21. The van der Waals surface area contributed by atoms with Crippen molar-refractivity contribution < 1.29 is 3.07 Å². The van der Waals surface area contributed by atoms with Crippen molar-refractivity contribution >= 4 is 22.9 Å². The molecule has 0 aromatic rings. The Morgan fingerprint density at radius 3 is 1.57 bits per heavy atom. The molecule has 0 unspecified atom stereocenters. The van der Waals surface area contributed by atoms with Crippen LogP contribution in [0.3, 0.4) is 0 Å². The molecule has 0 atom stereocenters. The Bertz CT molecular complexity index is 84.3. The van der Waals surface area contributed by atoms with Gasteiger partial charge < -0.3 is 0 Å². The van der Waals surface area contributed by atoms with Crippen molar-refractivity contribution in [2.75, 3.05) is 6.61 Å². The molecule has 0 bridgehead atoms. The molecule has 0 N–H and O–H groups in total. The molecule has 0 aliphatic heterocycles. The average molecular weight is 305 g/mol. The van der Waals surface area contributed by atoms with Crippen molar-refractivity contribution in [3.63, 3.8) is 0 Å². The first-order valence-corrected chi connectivity index (χ1v) is 7.58. The van der Waals surface area contributed by atoms with Crippen molar-refractivity contribution in [1.29, 1.82) is 0 Å². The summed E-state index contributed by atoms with van der Waals surface area (Å²) in [5.41, 5.74) is 0. The molecule has 0 saturated carbocycles. The second-order valence-electron chi connectivity index (χ2n) is 4.05. The molecule has 1 nitrogen and oxygen atoms in total. The van der Waals surface area contributed by atoms with Crippen LogP contribution in [0.5, 0.6) is 0 Å². The first-order valence-electron chi connectivity index (χ1n) is 6.23. The molecule has 0 spiro atoms. The standard InChI is InChI=1S/C12H25O.Sn.H/c1-2-3-4-5-6-7-8-9-10-11-12-13;;/h2-12H2,1H3;;/q-1;+1;. The van der Waals surface area contributed by atoms with E-state index in [1.54, 1.807) is 0 Å². The molecular weight excluding hydrogens is 279 g/mol. The third-order valence-electron chi connectivity index (χ3n) is 2.62. The van der Waals surface area contributed by atoms with Crippen molar-refractivity contribution in [3.05, 3.63) is 0 Å². The third-order valence-corrected chi connectivity index (χ3v) is 3.29. The van der Waals surface area contributed by atoms with Gasteiger partial charge in [0.05, 0.1) is 0 Å². The molecule has 0 heterocycles. The SMILES string of the molecule is CCCCCCCCCCCC[O][SnH]. The van der Waals surface area contributed by atoms with Crippen LogP contribution in [0, 0.1) is 0 Å². The van der Waals surface area contributed by atoms with Gasteiger partial charge >= 0.3 is 96.8 Å². The van der Waals surface area contributed by atoms with E-state index >= 15 is 0 Å². The summed E-state index contributed by atoms with van der Waals surface area (Å²) in [5, 5.41) is 0. The summed E-state index contributed by atoms with van der Waals surface area (Å²) < 4.78 is 5.14. The Kier molecular flexibility index (Phi) is 14.5. The van der Waals surface area contributed by atoms with E-state index in [0.29, 0.717) is 0 Å². The predicted octanol–water partition coefficient (Wildman–Crippen LogP) is 3.74. The Balaban J connectivity index is 2.78. The summed E-state index contributed by atoms with van der Waals surface area (Å²) in [7, 11) is 0. The molecule has 0 aromatic heterocycles. The summed E-state index contributed by atoms with van der Waals surface area (Å²) in [5.74, 6) is 0. The minimum absolute atomic E-state index is 0.966. The van der Waals surface area contributed by atoms with Gasteiger partial charge in [-0.1, -0.05) is 6.92 Å². The van der Waals surface area contributed by atoms with E-state index in [9.17, 15) is 0 Å². The minimum atomic E-state index is 0.966. The van der Waals surface area contributed by atoms with Crippen LogP contribution in [0.1, 0.15) is 71.1 Å². The van der Waals surface area contributed by atoms with E-state index in [1.165, 1.54) is 64.2 Å². The Labute approximate surface area is 104 Å². The Hall–Kier alpha value is 0.759. The summed E-state index contributed by atoms with van der Waals surface area (Å²) in [4.78, 5) is 0. The normalized spacial score (nSPS) is 10.7. The number of unbranched alkanes of at least 4 members (excludes halogenated alkanes) is 9. The van der Waals surface area contributed by atoms with Gasteiger partial charge in [0.25, 0.3) is 0 Å². The van der Waals surface area contributed by atoms with Crippen molar-refractivity contribution in [1.82, 2.24) is 0 Å². The zero-order valence-corrected chi connectivity index (χ0v) is 13.1.